The van der Waals surface area contributed by atoms with Crippen LogP contribution in [-0.2, 0) is 33.5 Å². The number of nitrogens with zero attached hydrogens (tertiary/aromatic N) is 3. The molecule has 2 amide bonds. The predicted molar refractivity (Wildman–Crippen MR) is 118 cm³/mol. The fourth-order valence-electron chi connectivity index (χ4n) is 4.27. The molecule has 1 radical (unpaired) electrons. The summed E-state index contributed by atoms with van der Waals surface area (Å²) in [6.07, 6.45) is 2.23. The van der Waals surface area contributed by atoms with Gasteiger partial charge in [0.25, 0.3) is 11.8 Å². The molecule has 1 aromatic carbocycles. The number of rotatable bonds is 4. The Hall–Kier alpha value is -2.47. The maximum atomic E-state index is 13.3. The van der Waals surface area contributed by atoms with Crippen molar-refractivity contribution in [3.63, 3.8) is 0 Å². The molecule has 0 spiro atoms. The summed E-state index contributed by atoms with van der Waals surface area (Å²) in [6, 6.07) is 9.53. The maximum Gasteiger partial charge on any atom is 0.276 e. The zero-order valence-corrected chi connectivity index (χ0v) is 21.5. The Morgan fingerprint density at radius 3 is 2.56 bits per heavy atom. The first-order valence-corrected chi connectivity index (χ1v) is 10.1. The van der Waals surface area contributed by atoms with Crippen LogP contribution in [0.25, 0.3) is 0 Å². The molecule has 4 rings (SSSR count). The molecule has 0 bridgehead atoms. The van der Waals surface area contributed by atoms with Gasteiger partial charge in [0.05, 0.1) is 13.7 Å². The quantitative estimate of drug-likeness (QED) is 0.533. The van der Waals surface area contributed by atoms with Gasteiger partial charge >= 0.3 is 0 Å². The number of pyridine rings is 1. The summed E-state index contributed by atoms with van der Waals surface area (Å²) in [6.45, 7) is 3.67. The van der Waals surface area contributed by atoms with Gasteiger partial charge in [0.1, 0.15) is 11.7 Å². The number of amides is 2. The molecule has 173 valence electrons. The zero-order valence-electron chi connectivity index (χ0n) is 18.8. The van der Waals surface area contributed by atoms with Crippen LogP contribution >= 0.6 is 0 Å². The maximum absolute atomic E-state index is 13.3. The van der Waals surface area contributed by atoms with Crippen molar-refractivity contribution in [2.45, 2.75) is 38.6 Å². The van der Waals surface area contributed by atoms with Gasteiger partial charge in [0.15, 0.2) is 11.4 Å². The number of likely N-dealkylation sites (N-methyl/N-ethyl adjacent to an activating group) is 1. The van der Waals surface area contributed by atoms with Crippen LogP contribution in [-0.4, -0.2) is 59.1 Å². The number of benzene rings is 1. The van der Waals surface area contributed by atoms with Crippen molar-refractivity contribution in [1.82, 2.24) is 19.7 Å². The summed E-state index contributed by atoms with van der Waals surface area (Å²) in [5.41, 5.74) is 0.540. The van der Waals surface area contributed by atoms with Crippen molar-refractivity contribution < 1.29 is 34.7 Å². The Kier molecular flexibility index (Phi) is 8.41. The van der Waals surface area contributed by atoms with Crippen molar-refractivity contribution in [2.75, 3.05) is 20.7 Å². The molecule has 2 aromatic rings. The number of methoxy groups -OCH3 is 1. The fraction of sp³-hybridized carbons (Fsp3) is 0.391. The minimum atomic E-state index is -0.570. The molecule has 0 saturated carbocycles. The number of carbonyl (C=O) groups excluding carboxylic acids is 2. The molecule has 1 aromatic heterocycles. The molecule has 2 aliphatic heterocycles. The van der Waals surface area contributed by atoms with Gasteiger partial charge in [-0.05, 0) is 26.0 Å². The number of nitrogens with one attached hydrogen (secondary N) is 1. The molecule has 2 atom stereocenters. The van der Waals surface area contributed by atoms with E-state index in [0.29, 0.717) is 13.1 Å². The summed E-state index contributed by atoms with van der Waals surface area (Å²) in [4.78, 5) is 43.0. The summed E-state index contributed by atoms with van der Waals surface area (Å²) in [7, 11) is 3.34. The van der Waals surface area contributed by atoms with Crippen molar-refractivity contribution in [2.24, 2.45) is 0 Å². The number of hydrogen-bond donors (Lipinski definition) is 1. The van der Waals surface area contributed by atoms with Crippen LogP contribution < -0.4 is 15.5 Å². The molecule has 0 aliphatic carbocycles. The Bertz CT molecular complexity index is 1040. The van der Waals surface area contributed by atoms with E-state index < -0.39 is 11.3 Å². The van der Waals surface area contributed by atoms with E-state index in [-0.39, 0.29) is 63.0 Å². The number of aromatic nitrogens is 1. The Balaban J connectivity index is 0.00000181. The van der Waals surface area contributed by atoms with Crippen molar-refractivity contribution in [3.05, 3.63) is 71.0 Å². The minimum Gasteiger partial charge on any atom is -0.491 e. The van der Waals surface area contributed by atoms with Crippen molar-refractivity contribution in [1.29, 1.82) is 0 Å². The van der Waals surface area contributed by atoms with Gasteiger partial charge < -0.3 is 26.9 Å². The smallest absolute Gasteiger partial charge is 0.276 e. The van der Waals surface area contributed by atoms with E-state index >= 15 is 0 Å². The van der Waals surface area contributed by atoms with Gasteiger partial charge in [0, 0.05) is 45.8 Å². The van der Waals surface area contributed by atoms with Crippen LogP contribution in [0, 0.1) is 7.43 Å². The molecular formula is C23H29N4O4Re-. The molecule has 32 heavy (non-hydrogen) atoms. The van der Waals surface area contributed by atoms with E-state index in [2.05, 4.69) is 10.2 Å². The SMILES string of the molecule is COc1c2n(cc(C(=O)NCc3ccccc3)c1=O)C[C@@H]1N(C)CC[C@@H](C)N1C2=O.[CH3-].[Re]. The van der Waals surface area contributed by atoms with E-state index in [0.717, 1.165) is 18.5 Å². The largest absolute Gasteiger partial charge is 0.491 e. The molecule has 0 unspecified atom stereocenters. The Labute approximate surface area is 202 Å². The standard InChI is InChI=1S/C22H26N4O4.CH3.Re/c1-14-9-10-24(2)17-13-25-12-16(21(28)23-11-15-7-5-4-6-8-15)19(27)20(30-3)18(25)22(29)26(14)17;;/h4-8,12,14,17H,9-11,13H2,1-3H3,(H,23,28);1H3;/q;-1;/t14-,17-;;/m1../s1. The van der Waals surface area contributed by atoms with E-state index in [9.17, 15) is 14.4 Å². The second-order valence-corrected chi connectivity index (χ2v) is 7.89. The van der Waals surface area contributed by atoms with E-state index in [4.69, 9.17) is 4.74 Å². The first-order chi connectivity index (χ1) is 14.4. The zero-order chi connectivity index (χ0) is 21.4. The molecule has 2 aliphatic rings. The average molecular weight is 612 g/mol. The van der Waals surface area contributed by atoms with Crippen LogP contribution in [0.2, 0.25) is 0 Å². The van der Waals surface area contributed by atoms with Gasteiger partial charge in [-0.25, -0.2) is 0 Å². The number of carbonyl (C=O) groups is 2. The summed E-state index contributed by atoms with van der Waals surface area (Å²) < 4.78 is 7.02. The van der Waals surface area contributed by atoms with E-state index in [1.165, 1.54) is 13.3 Å². The molecule has 8 nitrogen and oxygen atoms in total. The first-order valence-electron chi connectivity index (χ1n) is 10.1. The Morgan fingerprint density at radius 2 is 1.91 bits per heavy atom. The van der Waals surface area contributed by atoms with Gasteiger partial charge in [0.2, 0.25) is 5.43 Å². The van der Waals surface area contributed by atoms with E-state index in [1.54, 1.807) is 4.57 Å². The molecule has 1 N–H and O–H groups in total. The van der Waals surface area contributed by atoms with Crippen LogP contribution in [0.1, 0.15) is 39.8 Å². The van der Waals surface area contributed by atoms with E-state index in [1.807, 2.05) is 49.2 Å². The van der Waals surface area contributed by atoms with Gasteiger partial charge in [-0.1, -0.05) is 30.3 Å². The fourth-order valence-corrected chi connectivity index (χ4v) is 4.27. The van der Waals surface area contributed by atoms with Crippen LogP contribution in [0.4, 0.5) is 0 Å². The minimum absolute atomic E-state index is 0. The third-order valence-electron chi connectivity index (χ3n) is 5.98. The number of fused-ring (bicyclic) bond motifs is 2. The molecular weight excluding hydrogens is 582 g/mol. The van der Waals surface area contributed by atoms with Crippen LogP contribution in [0.3, 0.4) is 0 Å². The summed E-state index contributed by atoms with van der Waals surface area (Å²) in [5.74, 6) is -0.806. The number of hydrogen-bond acceptors (Lipinski definition) is 5. The summed E-state index contributed by atoms with van der Waals surface area (Å²) in [5, 5.41) is 2.78. The normalized spacial score (nSPS) is 19.7. The van der Waals surface area contributed by atoms with Crippen molar-refractivity contribution >= 4 is 11.8 Å². The average Bonchev–Trinajstić information content (AvgIpc) is 2.75. The topological polar surface area (TPSA) is 83.9 Å². The summed E-state index contributed by atoms with van der Waals surface area (Å²) >= 11 is 0. The second-order valence-electron chi connectivity index (χ2n) is 7.89. The third kappa shape index (κ3) is 4.51. The second kappa shape index (κ2) is 10.4. The van der Waals surface area contributed by atoms with Crippen LogP contribution in [0.15, 0.2) is 41.3 Å². The van der Waals surface area contributed by atoms with Gasteiger partial charge in [-0.15, -0.1) is 0 Å². The van der Waals surface area contributed by atoms with Crippen LogP contribution in [0.5, 0.6) is 5.75 Å². The Morgan fingerprint density at radius 1 is 1.22 bits per heavy atom. The third-order valence-corrected chi connectivity index (χ3v) is 5.98. The number of ether oxygens (including phenoxy) is 1. The molecule has 1 saturated heterocycles. The molecule has 9 heteroatoms. The van der Waals surface area contributed by atoms with Gasteiger partial charge in [-0.2, -0.15) is 0 Å². The molecule has 3 heterocycles. The predicted octanol–water partition coefficient (Wildman–Crippen LogP) is 1.74. The van der Waals surface area contributed by atoms with Gasteiger partial charge in [-0.3, -0.25) is 19.3 Å². The first kappa shape index (κ1) is 25.8. The molecule has 1 fully saturated rings. The van der Waals surface area contributed by atoms with Crippen molar-refractivity contribution in [3.8, 4) is 5.75 Å². The monoisotopic (exact) mass is 612 g/mol.